The van der Waals surface area contributed by atoms with Crippen molar-refractivity contribution in [2.24, 2.45) is 11.8 Å². The number of aliphatic carboxylic acids is 4. The zero-order valence-corrected chi connectivity index (χ0v) is 33.7. The quantitative estimate of drug-likeness (QED) is 0.0572. The van der Waals surface area contributed by atoms with Gasteiger partial charge >= 0.3 is 18.2 Å². The van der Waals surface area contributed by atoms with Crippen LogP contribution >= 0.6 is 0 Å². The Kier molecular flexibility index (Phi) is 46.0. The summed E-state index contributed by atoms with van der Waals surface area (Å²) in [6.45, 7) is 12.0. The first-order valence-electron chi connectivity index (χ1n) is 15.1. The number of benzene rings is 2. The van der Waals surface area contributed by atoms with Crippen LogP contribution in [0.2, 0.25) is 0 Å². The number of carbonyl (C=O) groups excluding carboxylic acids is 2. The van der Waals surface area contributed by atoms with Crippen molar-refractivity contribution in [3.8, 4) is 0 Å². The zero-order chi connectivity index (χ0) is 41.1. The minimum atomic E-state index is -0.833. The first kappa shape index (κ1) is 61.0. The van der Waals surface area contributed by atoms with Crippen molar-refractivity contribution in [3.63, 3.8) is 0 Å². The second-order valence-electron chi connectivity index (χ2n) is 9.33. The van der Waals surface area contributed by atoms with Crippen LogP contribution in [0.5, 0.6) is 0 Å². The van der Waals surface area contributed by atoms with Crippen molar-refractivity contribution in [1.82, 2.24) is 0 Å². The third kappa shape index (κ3) is 49.1. The van der Waals surface area contributed by atoms with Gasteiger partial charge in [-0.05, 0) is 38.3 Å². The van der Waals surface area contributed by atoms with Crippen molar-refractivity contribution in [2.45, 2.75) is 48.0 Å². The van der Waals surface area contributed by atoms with Crippen molar-refractivity contribution in [1.29, 1.82) is 0 Å². The van der Waals surface area contributed by atoms with Gasteiger partial charge in [0.05, 0.1) is 19.1 Å². The Bertz CT molecular complexity index is 1450. The molecule has 0 heterocycles. The van der Waals surface area contributed by atoms with Gasteiger partial charge in [0.15, 0.2) is 0 Å². The van der Waals surface area contributed by atoms with E-state index in [2.05, 4.69) is 16.1 Å². The smallest absolute Gasteiger partial charge is 0.413 e. The van der Waals surface area contributed by atoms with Crippen molar-refractivity contribution in [3.05, 3.63) is 102 Å². The van der Waals surface area contributed by atoms with Crippen LogP contribution in [0.1, 0.15) is 59.1 Å². The van der Waals surface area contributed by atoms with Crippen LogP contribution in [0.15, 0.2) is 73.3 Å². The summed E-state index contributed by atoms with van der Waals surface area (Å²) in [5, 5.41) is 29.7. The number of ether oxygens (including phenoxy) is 2. The van der Waals surface area contributed by atoms with E-state index < -0.39 is 29.8 Å². The van der Waals surface area contributed by atoms with Crippen LogP contribution in [0.4, 0.5) is 8.78 Å². The number of carboxylic acids is 4. The van der Waals surface area contributed by atoms with Crippen LogP contribution in [-0.4, -0.2) is 80.5 Å². The normalized spacial score (nSPS) is 12.1. The summed E-state index contributed by atoms with van der Waals surface area (Å²) in [7, 11) is 0. The largest absolute Gasteiger partial charge is 0.481 e. The number of carbonyl (C=O) groups is 6. The molecular weight excluding hydrogens is 896 g/mol. The molecule has 1 fully saturated rings. The summed E-state index contributed by atoms with van der Waals surface area (Å²) in [6.07, 6.45) is 10.1. The monoisotopic (exact) mass is 942 g/mol. The van der Waals surface area contributed by atoms with Crippen LogP contribution in [-0.2, 0) is 77.2 Å². The first-order valence-corrected chi connectivity index (χ1v) is 15.1. The number of carboxylic acid groups (broad SMARTS) is 4. The van der Waals surface area contributed by atoms with Gasteiger partial charge in [0.2, 0.25) is 0 Å². The molecule has 2 radical (unpaired) electrons. The number of hydrogen-bond acceptors (Lipinski definition) is 8. The first-order chi connectivity index (χ1) is 24.3. The summed E-state index contributed by atoms with van der Waals surface area (Å²) in [6, 6.07) is 13.2. The predicted molar refractivity (Wildman–Crippen MR) is 189 cm³/mol. The van der Waals surface area contributed by atoms with E-state index in [0.29, 0.717) is 30.6 Å². The number of nitrogens with zero attached hydrogens (tertiary/aromatic N) is 2. The molecule has 4 N–H and O–H groups in total. The van der Waals surface area contributed by atoms with Crippen LogP contribution in [0.3, 0.4) is 0 Å². The molecule has 2 aromatic carbocycles. The number of esters is 2. The summed E-state index contributed by atoms with van der Waals surface area (Å²) in [5.41, 5.74) is 8.88. The van der Waals surface area contributed by atoms with E-state index in [1.165, 1.54) is 12.1 Å². The molecule has 1 aliphatic carbocycles. The molecular formula is C36H46F2N2O12Rh2. The predicted octanol–water partition coefficient (Wildman–Crippen LogP) is 6.27. The van der Waals surface area contributed by atoms with E-state index in [-0.39, 0.29) is 68.4 Å². The van der Waals surface area contributed by atoms with Crippen LogP contribution in [0.25, 0.3) is 17.7 Å². The maximum Gasteiger partial charge on any atom is 0.413 e. The third-order valence-electron chi connectivity index (χ3n) is 4.62. The molecule has 0 saturated heterocycles. The van der Waals surface area contributed by atoms with Gasteiger partial charge in [0.1, 0.15) is 11.6 Å². The van der Waals surface area contributed by atoms with Gasteiger partial charge < -0.3 is 35.4 Å². The van der Waals surface area contributed by atoms with E-state index in [1.807, 2.05) is 6.08 Å². The SMILES string of the molecule is C=C/C=C/c1ccccc1F.CC(=O)O.CC(=O)O.CC(=O)O.CC(=O)O.CCOC(=O)C1CC1/C=C/c1ccccc1F.CCOC(=O)C=[N+]=[N-].[Rh].[Rh]. The average molecular weight is 943 g/mol. The van der Waals surface area contributed by atoms with E-state index in [0.717, 1.165) is 34.1 Å². The fourth-order valence-corrected chi connectivity index (χ4v) is 2.79. The zero-order valence-electron chi connectivity index (χ0n) is 30.4. The maximum absolute atomic E-state index is 13.3. The molecule has 3 rings (SSSR count). The molecule has 2 aromatic rings. The molecule has 0 amide bonds. The Labute approximate surface area is 338 Å². The van der Waals surface area contributed by atoms with Gasteiger partial charge in [-0.3, -0.25) is 24.0 Å². The Morgan fingerprint density at radius 2 is 1.13 bits per heavy atom. The molecule has 1 aliphatic rings. The second kappa shape index (κ2) is 40.7. The molecule has 1 saturated carbocycles. The Balaban J connectivity index is -0.000000136. The molecule has 18 heteroatoms. The van der Waals surface area contributed by atoms with Gasteiger partial charge in [-0.2, -0.15) is 4.79 Å². The molecule has 0 aliphatic heterocycles. The maximum atomic E-state index is 13.3. The van der Waals surface area contributed by atoms with Crippen LogP contribution < -0.4 is 0 Å². The number of allylic oxidation sites excluding steroid dienone is 3. The van der Waals surface area contributed by atoms with Crippen molar-refractivity contribution < 1.29 is 111 Å². The van der Waals surface area contributed by atoms with Gasteiger partial charge in [0.25, 0.3) is 23.9 Å². The summed E-state index contributed by atoms with van der Waals surface area (Å²) < 4.78 is 35.4. The molecule has 54 heavy (non-hydrogen) atoms. The Morgan fingerprint density at radius 1 is 0.759 bits per heavy atom. The van der Waals surface area contributed by atoms with Gasteiger partial charge in [-0.15, -0.1) is 0 Å². The molecule has 0 spiro atoms. The van der Waals surface area contributed by atoms with Gasteiger partial charge in [0, 0.05) is 77.8 Å². The fourth-order valence-electron chi connectivity index (χ4n) is 2.79. The molecule has 0 aromatic heterocycles. The number of hydrogen-bond donors (Lipinski definition) is 4. The van der Waals surface area contributed by atoms with Crippen LogP contribution in [0, 0.1) is 23.5 Å². The van der Waals surface area contributed by atoms with E-state index in [9.17, 15) is 18.4 Å². The molecule has 304 valence electrons. The van der Waals surface area contributed by atoms with E-state index >= 15 is 0 Å². The fraction of sp³-hybridized carbons (Fsp3) is 0.306. The average Bonchev–Trinajstić information content (AvgIpc) is 3.80. The van der Waals surface area contributed by atoms with E-state index in [1.54, 1.807) is 74.5 Å². The summed E-state index contributed by atoms with van der Waals surface area (Å²) in [5.74, 6) is -4.38. The van der Waals surface area contributed by atoms with E-state index in [4.69, 9.17) is 49.9 Å². The third-order valence-corrected chi connectivity index (χ3v) is 4.62. The molecule has 14 nitrogen and oxygen atoms in total. The van der Waals surface area contributed by atoms with Gasteiger partial charge in [-0.1, -0.05) is 73.4 Å². The van der Waals surface area contributed by atoms with Crippen molar-refractivity contribution >= 4 is 54.2 Å². The standard InChI is InChI=1S/C14H15FO2.C10H9F.C4H6N2O2.4C2H4O2.2Rh/c1-2-17-14(16)12-9-11(12)8-7-10-5-3-4-6-13(10)15;1-2-3-6-9-7-4-5-8-10(9)11;1-2-8-4(7)3-6-5;4*1-2(3)4;;/h3-8,11-12H,2,9H2,1H3;2-8H,1H2;3H,2H2,1H3;4*1H3,(H,3,4);;/b8-7+;6-3+;;;;;;;. The Morgan fingerprint density at radius 3 is 1.46 bits per heavy atom. The van der Waals surface area contributed by atoms with Gasteiger partial charge in [-0.25, -0.2) is 13.6 Å². The Hall–Kier alpha value is -5.03. The molecule has 0 bridgehead atoms. The molecule has 2 atom stereocenters. The van der Waals surface area contributed by atoms with Crippen molar-refractivity contribution in [2.75, 3.05) is 13.2 Å². The topological polar surface area (TPSA) is 238 Å². The number of halogens is 2. The number of rotatable bonds is 8. The minimum absolute atomic E-state index is 0. The second-order valence-corrected chi connectivity index (χ2v) is 9.33. The minimum Gasteiger partial charge on any atom is -0.481 e. The summed E-state index contributed by atoms with van der Waals surface area (Å²) >= 11 is 0. The summed E-state index contributed by atoms with van der Waals surface area (Å²) in [4.78, 5) is 59.9. The molecule has 2 unspecified atom stereocenters.